The Bertz CT molecular complexity index is 475. The number of carbonyl (C=O) groups is 2. The number of benzene rings is 1. The maximum Gasteiger partial charge on any atom is 0.304 e. The van der Waals surface area contributed by atoms with Crippen LogP contribution in [-0.2, 0) is 9.59 Å². The molecule has 1 N–H and O–H groups in total. The first-order valence-electron chi connectivity index (χ1n) is 6.95. The van der Waals surface area contributed by atoms with Crippen LogP contribution in [0.15, 0.2) is 30.3 Å². The molecule has 1 aliphatic heterocycles. The van der Waals surface area contributed by atoms with E-state index in [2.05, 4.69) is 0 Å². The van der Waals surface area contributed by atoms with Gasteiger partial charge in [-0.3, -0.25) is 14.5 Å². The molecular formula is C15H20N2O3. The van der Waals surface area contributed by atoms with Crippen LogP contribution in [0.1, 0.15) is 19.8 Å². The lowest BCUT2D eigenvalue weighted by molar-refractivity contribution is -0.138. The molecule has 108 valence electrons. The van der Waals surface area contributed by atoms with Gasteiger partial charge in [-0.05, 0) is 25.1 Å². The van der Waals surface area contributed by atoms with Gasteiger partial charge in [-0.2, -0.15) is 0 Å². The number of carboxylic acids is 1. The summed E-state index contributed by atoms with van der Waals surface area (Å²) in [5.41, 5.74) is 0.911. The SMILES string of the molecule is CCN(CCC(=O)O)C1CCN(c2ccccc2)C1=O. The Labute approximate surface area is 118 Å². The molecule has 1 unspecified atom stereocenters. The first-order valence-corrected chi connectivity index (χ1v) is 6.95. The summed E-state index contributed by atoms with van der Waals surface area (Å²) in [4.78, 5) is 26.9. The molecule has 0 spiro atoms. The van der Waals surface area contributed by atoms with Crippen LogP contribution in [0, 0.1) is 0 Å². The topological polar surface area (TPSA) is 60.9 Å². The minimum atomic E-state index is -0.825. The fraction of sp³-hybridized carbons (Fsp3) is 0.467. The largest absolute Gasteiger partial charge is 0.481 e. The van der Waals surface area contributed by atoms with E-state index >= 15 is 0 Å². The van der Waals surface area contributed by atoms with Gasteiger partial charge in [0.2, 0.25) is 5.91 Å². The normalized spacial score (nSPS) is 18.8. The molecule has 2 rings (SSSR count). The van der Waals surface area contributed by atoms with Gasteiger partial charge < -0.3 is 10.0 Å². The number of hydrogen-bond donors (Lipinski definition) is 1. The lowest BCUT2D eigenvalue weighted by Gasteiger charge is -2.26. The second-order valence-electron chi connectivity index (χ2n) is 4.90. The average molecular weight is 276 g/mol. The van der Waals surface area contributed by atoms with Crippen LogP contribution in [0.3, 0.4) is 0 Å². The number of likely N-dealkylation sites (N-methyl/N-ethyl adjacent to an activating group) is 1. The quantitative estimate of drug-likeness (QED) is 0.857. The van der Waals surface area contributed by atoms with Crippen molar-refractivity contribution < 1.29 is 14.7 Å². The van der Waals surface area contributed by atoms with Gasteiger partial charge in [-0.1, -0.05) is 25.1 Å². The number of amides is 1. The standard InChI is InChI=1S/C15H20N2O3/c1-2-16(10-9-14(18)19)13-8-11-17(15(13)20)12-6-4-3-5-7-12/h3-7,13H,2,8-11H2,1H3,(H,18,19). The predicted octanol–water partition coefficient (Wildman–Crippen LogP) is 1.59. The van der Waals surface area contributed by atoms with Crippen molar-refractivity contribution >= 4 is 17.6 Å². The first kappa shape index (κ1) is 14.5. The maximum atomic E-state index is 12.5. The van der Waals surface area contributed by atoms with Gasteiger partial charge in [0.05, 0.1) is 12.5 Å². The average Bonchev–Trinajstić information content (AvgIpc) is 2.82. The number of anilines is 1. The van der Waals surface area contributed by atoms with Gasteiger partial charge in [0, 0.05) is 18.8 Å². The third kappa shape index (κ3) is 3.17. The highest BCUT2D eigenvalue weighted by atomic mass is 16.4. The van der Waals surface area contributed by atoms with E-state index in [1.807, 2.05) is 42.2 Å². The third-order valence-corrected chi connectivity index (χ3v) is 3.70. The van der Waals surface area contributed by atoms with E-state index in [1.54, 1.807) is 4.90 Å². The van der Waals surface area contributed by atoms with E-state index in [0.29, 0.717) is 19.6 Å². The van der Waals surface area contributed by atoms with Crippen molar-refractivity contribution in [1.82, 2.24) is 4.90 Å². The summed E-state index contributed by atoms with van der Waals surface area (Å²) < 4.78 is 0. The highest BCUT2D eigenvalue weighted by molar-refractivity contribution is 5.99. The molecule has 1 saturated heterocycles. The van der Waals surface area contributed by atoms with Crippen molar-refractivity contribution in [2.75, 3.05) is 24.5 Å². The maximum absolute atomic E-state index is 12.5. The van der Waals surface area contributed by atoms with Gasteiger partial charge in [-0.25, -0.2) is 0 Å². The molecule has 1 atom stereocenters. The summed E-state index contributed by atoms with van der Waals surface area (Å²) in [6, 6.07) is 9.41. The molecule has 0 aliphatic carbocycles. The molecule has 1 aromatic carbocycles. The molecule has 0 bridgehead atoms. The van der Waals surface area contributed by atoms with Crippen LogP contribution in [0.5, 0.6) is 0 Å². The summed E-state index contributed by atoms with van der Waals surface area (Å²) in [7, 11) is 0. The van der Waals surface area contributed by atoms with Crippen LogP contribution >= 0.6 is 0 Å². The third-order valence-electron chi connectivity index (χ3n) is 3.70. The zero-order valence-corrected chi connectivity index (χ0v) is 11.7. The smallest absolute Gasteiger partial charge is 0.304 e. The molecule has 1 amide bonds. The zero-order chi connectivity index (χ0) is 14.5. The fourth-order valence-electron chi connectivity index (χ4n) is 2.64. The Morgan fingerprint density at radius 3 is 2.70 bits per heavy atom. The van der Waals surface area contributed by atoms with E-state index in [1.165, 1.54) is 0 Å². The number of carboxylic acid groups (broad SMARTS) is 1. The fourth-order valence-corrected chi connectivity index (χ4v) is 2.64. The highest BCUT2D eigenvalue weighted by Gasteiger charge is 2.35. The molecule has 1 aromatic rings. The van der Waals surface area contributed by atoms with Crippen LogP contribution in [0.25, 0.3) is 0 Å². The second kappa shape index (κ2) is 6.52. The molecule has 5 heteroatoms. The van der Waals surface area contributed by atoms with Gasteiger partial charge in [-0.15, -0.1) is 0 Å². The van der Waals surface area contributed by atoms with Gasteiger partial charge in [0.15, 0.2) is 0 Å². The van der Waals surface area contributed by atoms with Crippen LogP contribution in [0.2, 0.25) is 0 Å². The van der Waals surface area contributed by atoms with Crippen molar-refractivity contribution in [3.05, 3.63) is 30.3 Å². The van der Waals surface area contributed by atoms with Crippen LogP contribution < -0.4 is 4.90 Å². The zero-order valence-electron chi connectivity index (χ0n) is 11.7. The van der Waals surface area contributed by atoms with Crippen molar-refractivity contribution in [3.63, 3.8) is 0 Å². The summed E-state index contributed by atoms with van der Waals surface area (Å²) >= 11 is 0. The van der Waals surface area contributed by atoms with Crippen LogP contribution in [-0.4, -0.2) is 47.6 Å². The molecular weight excluding hydrogens is 256 g/mol. The molecule has 1 aliphatic rings. The number of rotatable bonds is 6. The van der Waals surface area contributed by atoms with Crippen LogP contribution in [0.4, 0.5) is 5.69 Å². The van der Waals surface area contributed by atoms with Gasteiger partial charge >= 0.3 is 5.97 Å². The molecule has 0 saturated carbocycles. The van der Waals surface area contributed by atoms with Crippen molar-refractivity contribution in [3.8, 4) is 0 Å². The monoisotopic (exact) mass is 276 g/mol. The summed E-state index contributed by atoms with van der Waals surface area (Å²) in [5.74, 6) is -0.753. The highest BCUT2D eigenvalue weighted by Crippen LogP contribution is 2.24. The molecule has 0 aromatic heterocycles. The number of carbonyl (C=O) groups excluding carboxylic acids is 1. The van der Waals surface area contributed by atoms with Gasteiger partial charge in [0.25, 0.3) is 0 Å². The lowest BCUT2D eigenvalue weighted by Crippen LogP contribution is -2.42. The molecule has 0 radical (unpaired) electrons. The summed E-state index contributed by atoms with van der Waals surface area (Å²) in [5, 5.41) is 8.77. The molecule has 5 nitrogen and oxygen atoms in total. The van der Waals surface area contributed by atoms with E-state index in [4.69, 9.17) is 5.11 Å². The molecule has 1 fully saturated rings. The Kier molecular flexibility index (Phi) is 4.74. The van der Waals surface area contributed by atoms with Crippen molar-refractivity contribution in [2.24, 2.45) is 0 Å². The Morgan fingerprint density at radius 2 is 2.10 bits per heavy atom. The lowest BCUT2D eigenvalue weighted by atomic mass is 10.2. The number of para-hydroxylation sites is 1. The predicted molar refractivity (Wildman–Crippen MR) is 76.7 cm³/mol. The summed E-state index contributed by atoms with van der Waals surface area (Å²) in [6.45, 7) is 3.76. The van der Waals surface area contributed by atoms with Crippen molar-refractivity contribution in [1.29, 1.82) is 0 Å². The minimum Gasteiger partial charge on any atom is -0.481 e. The van der Waals surface area contributed by atoms with Crippen molar-refractivity contribution in [2.45, 2.75) is 25.8 Å². The minimum absolute atomic E-state index is 0.0724. The molecule has 20 heavy (non-hydrogen) atoms. The molecule has 1 heterocycles. The summed E-state index contributed by atoms with van der Waals surface area (Å²) in [6.07, 6.45) is 0.824. The van der Waals surface area contributed by atoms with E-state index < -0.39 is 5.97 Å². The number of aliphatic carboxylic acids is 1. The first-order chi connectivity index (χ1) is 9.63. The Balaban J connectivity index is 2.04. The van der Waals surface area contributed by atoms with E-state index in [0.717, 1.165) is 12.1 Å². The number of hydrogen-bond acceptors (Lipinski definition) is 3. The Hall–Kier alpha value is -1.88. The number of nitrogens with zero attached hydrogens (tertiary/aromatic N) is 2. The van der Waals surface area contributed by atoms with E-state index in [-0.39, 0.29) is 18.4 Å². The van der Waals surface area contributed by atoms with Gasteiger partial charge in [0.1, 0.15) is 0 Å². The van der Waals surface area contributed by atoms with E-state index in [9.17, 15) is 9.59 Å². The second-order valence-corrected chi connectivity index (χ2v) is 4.90. The Morgan fingerprint density at radius 1 is 1.40 bits per heavy atom.